The van der Waals surface area contributed by atoms with Crippen LogP contribution in [0.25, 0.3) is 11.1 Å². The maximum atomic E-state index is 12.8. The molecule has 1 amide bonds. The first kappa shape index (κ1) is 26.8. The zero-order valence-electron chi connectivity index (χ0n) is 20.7. The van der Waals surface area contributed by atoms with E-state index in [-0.39, 0.29) is 19.1 Å². The highest BCUT2D eigenvalue weighted by molar-refractivity contribution is 14.1. The first-order valence-electron chi connectivity index (χ1n) is 12.2. The predicted octanol–water partition coefficient (Wildman–Crippen LogP) is 8.59. The molecule has 0 aromatic heterocycles. The number of benzene rings is 4. The Morgan fingerprint density at radius 2 is 1.71 bits per heavy atom. The molecule has 0 radical (unpaired) electrons. The van der Waals surface area contributed by atoms with Gasteiger partial charge < -0.3 is 10.1 Å². The number of nitrogens with one attached hydrogen (secondary N) is 1. The molecule has 0 aliphatic heterocycles. The second-order valence-electron chi connectivity index (χ2n) is 9.14. The van der Waals surface area contributed by atoms with Gasteiger partial charge in [-0.3, -0.25) is 4.79 Å². The molecule has 0 saturated heterocycles. The van der Waals surface area contributed by atoms with Gasteiger partial charge in [0, 0.05) is 32.2 Å². The molecule has 4 aromatic rings. The Morgan fingerprint density at radius 3 is 2.37 bits per heavy atom. The van der Waals surface area contributed by atoms with Gasteiger partial charge in [-0.25, -0.2) is 4.79 Å². The average Bonchev–Trinajstić information content (AvgIpc) is 3.26. The topological polar surface area (TPSA) is 55.4 Å². The number of hydrogen-bond donors (Lipinski definition) is 1. The average molecular weight is 654 g/mol. The standard InChI is InChI=1S/C31H25ClINO3S/c1-19-10-11-29(22(12-19)17-35)38-30-21(13-20(15-33)14-28(30)32)16-34-31(36)37-18-27-25-8-4-2-6-23(25)24-7-3-5-9-26(24)27/h2-14,17,27H,15-16,18H2,1H3,(H,34,36). The molecule has 7 heteroatoms. The van der Waals surface area contributed by atoms with Crippen LogP contribution in [-0.4, -0.2) is 19.0 Å². The SMILES string of the molecule is Cc1ccc(Sc2c(Cl)cc(CI)cc2CNC(=O)OCC2c3ccccc3-c3ccccc32)c(C=O)c1. The molecule has 0 fully saturated rings. The number of halogens is 2. The number of aldehydes is 1. The summed E-state index contributed by atoms with van der Waals surface area (Å²) in [5, 5.41) is 3.50. The van der Waals surface area contributed by atoms with Gasteiger partial charge in [0.15, 0.2) is 6.29 Å². The van der Waals surface area contributed by atoms with Crippen LogP contribution in [0.5, 0.6) is 0 Å². The van der Waals surface area contributed by atoms with Crippen molar-refractivity contribution in [2.75, 3.05) is 6.61 Å². The van der Waals surface area contributed by atoms with E-state index in [1.54, 1.807) is 0 Å². The molecule has 0 saturated carbocycles. The van der Waals surface area contributed by atoms with E-state index in [2.05, 4.69) is 52.2 Å². The summed E-state index contributed by atoms with van der Waals surface area (Å²) >= 11 is 10.4. The van der Waals surface area contributed by atoms with Crippen molar-refractivity contribution < 1.29 is 14.3 Å². The molecule has 1 N–H and O–H groups in total. The third-order valence-electron chi connectivity index (χ3n) is 6.61. The van der Waals surface area contributed by atoms with E-state index < -0.39 is 6.09 Å². The number of fused-ring (bicyclic) bond motifs is 3. The molecule has 4 nitrogen and oxygen atoms in total. The van der Waals surface area contributed by atoms with Crippen molar-refractivity contribution in [3.63, 3.8) is 0 Å². The van der Waals surface area contributed by atoms with Gasteiger partial charge in [0.05, 0.1) is 5.02 Å². The lowest BCUT2D eigenvalue weighted by Gasteiger charge is -2.17. The number of alkyl halides is 1. The van der Waals surface area contributed by atoms with Crippen molar-refractivity contribution >= 4 is 58.3 Å². The Kier molecular flexibility index (Phi) is 8.41. The van der Waals surface area contributed by atoms with Crippen LogP contribution in [0.2, 0.25) is 5.02 Å². The second-order valence-corrected chi connectivity index (χ2v) is 11.4. The molecule has 38 heavy (non-hydrogen) atoms. The van der Waals surface area contributed by atoms with E-state index in [0.29, 0.717) is 10.6 Å². The van der Waals surface area contributed by atoms with Gasteiger partial charge in [-0.1, -0.05) is 112 Å². The summed E-state index contributed by atoms with van der Waals surface area (Å²) in [6.45, 7) is 2.46. The molecule has 0 atom stereocenters. The lowest BCUT2D eigenvalue weighted by molar-refractivity contribution is 0.112. The summed E-state index contributed by atoms with van der Waals surface area (Å²) < 4.78 is 6.50. The maximum Gasteiger partial charge on any atom is 0.407 e. The first-order valence-corrected chi connectivity index (χ1v) is 14.9. The van der Waals surface area contributed by atoms with Crippen molar-refractivity contribution in [3.05, 3.63) is 117 Å². The van der Waals surface area contributed by atoms with Crippen LogP contribution in [0, 0.1) is 6.92 Å². The van der Waals surface area contributed by atoms with E-state index in [0.717, 1.165) is 37.2 Å². The number of rotatable bonds is 8. The molecular formula is C31H25ClINO3S. The predicted molar refractivity (Wildman–Crippen MR) is 162 cm³/mol. The summed E-state index contributed by atoms with van der Waals surface area (Å²) in [7, 11) is 0. The van der Waals surface area contributed by atoms with Crippen LogP contribution in [0.4, 0.5) is 4.79 Å². The van der Waals surface area contributed by atoms with E-state index in [4.69, 9.17) is 16.3 Å². The summed E-state index contributed by atoms with van der Waals surface area (Å²) in [5.74, 6) is -0.000594. The highest BCUT2D eigenvalue weighted by Gasteiger charge is 2.29. The Balaban J connectivity index is 1.31. The summed E-state index contributed by atoms with van der Waals surface area (Å²) in [6, 6.07) is 26.3. The lowest BCUT2D eigenvalue weighted by Crippen LogP contribution is -2.26. The van der Waals surface area contributed by atoms with Gasteiger partial charge in [0.2, 0.25) is 0 Å². The summed E-state index contributed by atoms with van der Waals surface area (Å²) in [6.07, 6.45) is 0.375. The molecule has 4 aromatic carbocycles. The van der Waals surface area contributed by atoms with E-state index in [9.17, 15) is 9.59 Å². The van der Waals surface area contributed by atoms with Gasteiger partial charge >= 0.3 is 6.09 Å². The van der Waals surface area contributed by atoms with Gasteiger partial charge in [-0.2, -0.15) is 0 Å². The Morgan fingerprint density at radius 1 is 1.03 bits per heavy atom. The number of hydrogen-bond acceptors (Lipinski definition) is 4. The monoisotopic (exact) mass is 653 g/mol. The lowest BCUT2D eigenvalue weighted by atomic mass is 9.98. The van der Waals surface area contributed by atoms with Crippen LogP contribution in [0.15, 0.2) is 88.7 Å². The minimum Gasteiger partial charge on any atom is -0.449 e. The third-order valence-corrected chi connectivity index (χ3v) is 9.17. The fourth-order valence-electron chi connectivity index (χ4n) is 4.82. The van der Waals surface area contributed by atoms with Crippen LogP contribution < -0.4 is 5.32 Å². The number of amides is 1. The first-order chi connectivity index (χ1) is 18.5. The number of aryl methyl sites for hydroxylation is 1. The van der Waals surface area contributed by atoms with Crippen molar-refractivity contribution in [1.29, 1.82) is 0 Å². The summed E-state index contributed by atoms with van der Waals surface area (Å²) in [4.78, 5) is 26.1. The molecule has 0 spiro atoms. The number of ether oxygens (including phenoxy) is 1. The van der Waals surface area contributed by atoms with Crippen LogP contribution in [0.1, 0.15) is 44.1 Å². The van der Waals surface area contributed by atoms with Crippen molar-refractivity contribution in [2.45, 2.75) is 33.6 Å². The third kappa shape index (κ3) is 5.63. The van der Waals surface area contributed by atoms with Crippen LogP contribution in [0.3, 0.4) is 0 Å². The van der Waals surface area contributed by atoms with Gasteiger partial charge in [0.25, 0.3) is 0 Å². The van der Waals surface area contributed by atoms with Gasteiger partial charge in [0.1, 0.15) is 6.61 Å². The number of alkyl carbamates (subject to hydrolysis) is 1. The molecule has 0 heterocycles. The molecule has 1 aliphatic rings. The molecule has 192 valence electrons. The van der Waals surface area contributed by atoms with E-state index in [1.165, 1.54) is 34.0 Å². The fraction of sp³-hybridized carbons (Fsp3) is 0.161. The molecule has 5 rings (SSSR count). The molecule has 1 aliphatic carbocycles. The minimum atomic E-state index is -0.484. The largest absolute Gasteiger partial charge is 0.449 e. The van der Waals surface area contributed by atoms with Crippen molar-refractivity contribution in [3.8, 4) is 11.1 Å². The van der Waals surface area contributed by atoms with Crippen LogP contribution in [-0.2, 0) is 15.7 Å². The minimum absolute atomic E-state index is 0.000594. The van der Waals surface area contributed by atoms with Gasteiger partial charge in [-0.05, 0) is 58.5 Å². The van der Waals surface area contributed by atoms with E-state index >= 15 is 0 Å². The van der Waals surface area contributed by atoms with Crippen LogP contribution >= 0.6 is 46.0 Å². The smallest absolute Gasteiger partial charge is 0.407 e. The normalized spacial score (nSPS) is 12.1. The number of carbonyl (C=O) groups excluding carboxylic acids is 2. The molecule has 0 unspecified atom stereocenters. The Labute approximate surface area is 245 Å². The second kappa shape index (κ2) is 11.9. The number of carbonyl (C=O) groups is 2. The maximum absolute atomic E-state index is 12.8. The molecule has 0 bridgehead atoms. The Bertz CT molecular complexity index is 1480. The quantitative estimate of drug-likeness (QED) is 0.118. The van der Waals surface area contributed by atoms with Gasteiger partial charge in [-0.15, -0.1) is 0 Å². The fourth-order valence-corrected chi connectivity index (χ4v) is 6.63. The summed E-state index contributed by atoms with van der Waals surface area (Å²) in [5.41, 5.74) is 8.28. The Hall–Kier alpha value is -2.81. The highest BCUT2D eigenvalue weighted by Crippen LogP contribution is 2.44. The zero-order valence-corrected chi connectivity index (χ0v) is 24.4. The highest BCUT2D eigenvalue weighted by atomic mass is 127. The molecular weight excluding hydrogens is 629 g/mol. The zero-order chi connectivity index (χ0) is 26.6. The van der Waals surface area contributed by atoms with Crippen molar-refractivity contribution in [2.24, 2.45) is 0 Å². The van der Waals surface area contributed by atoms with Crippen molar-refractivity contribution in [1.82, 2.24) is 5.32 Å². The van der Waals surface area contributed by atoms with E-state index in [1.807, 2.05) is 61.5 Å².